The molecule has 1 amide bonds. The molecule has 3 heterocycles. The molecule has 0 aromatic heterocycles. The van der Waals surface area contributed by atoms with Gasteiger partial charge in [-0.1, -0.05) is 98.9 Å². The number of carbonyl (C=O) groups excluding carboxylic acids is 2. The van der Waals surface area contributed by atoms with Crippen LogP contribution in [0, 0.1) is 17.8 Å². The van der Waals surface area contributed by atoms with Crippen LogP contribution in [-0.4, -0.2) is 179 Å². The van der Waals surface area contributed by atoms with E-state index in [1.54, 1.807) is 63.3 Å². The Bertz CT molecular complexity index is 1750. The van der Waals surface area contributed by atoms with Crippen molar-refractivity contribution in [3.05, 3.63) is 85.1 Å². The van der Waals surface area contributed by atoms with Gasteiger partial charge in [-0.3, -0.25) is 9.59 Å². The number of aliphatic hydroxyl groups is 10. The van der Waals surface area contributed by atoms with Crippen molar-refractivity contribution in [3.8, 4) is 0 Å². The molecular weight excluding hydrogens is 917 g/mol. The topological polar surface area (TPSA) is 311 Å². The summed E-state index contributed by atoms with van der Waals surface area (Å²) in [5.41, 5.74) is 6.10. The molecule has 19 heteroatoms. The van der Waals surface area contributed by atoms with Crippen LogP contribution >= 0.6 is 11.8 Å². The molecule has 2 bridgehead atoms. The molecule has 0 spiro atoms. The van der Waals surface area contributed by atoms with E-state index in [-0.39, 0.29) is 38.1 Å². The summed E-state index contributed by atoms with van der Waals surface area (Å²) in [6.45, 7) is 7.08. The maximum atomic E-state index is 13.7. The van der Waals surface area contributed by atoms with Gasteiger partial charge in [0.25, 0.3) is 0 Å². The van der Waals surface area contributed by atoms with Crippen molar-refractivity contribution in [2.45, 2.75) is 177 Å². The Morgan fingerprint density at radius 3 is 1.93 bits per heavy atom. The zero-order valence-electron chi connectivity index (χ0n) is 40.5. The third kappa shape index (κ3) is 20.9. The van der Waals surface area contributed by atoms with Gasteiger partial charge in [-0.25, -0.2) is 0 Å². The predicted molar refractivity (Wildman–Crippen MR) is 261 cm³/mol. The van der Waals surface area contributed by atoms with Gasteiger partial charge in [0.05, 0.1) is 85.5 Å². The quantitative estimate of drug-likeness (QED) is 0.131. The van der Waals surface area contributed by atoms with E-state index in [0.29, 0.717) is 5.75 Å². The molecule has 0 saturated carbocycles. The van der Waals surface area contributed by atoms with E-state index in [1.807, 2.05) is 55.7 Å². The van der Waals surface area contributed by atoms with E-state index in [4.69, 9.17) is 24.7 Å². The second-order valence-electron chi connectivity index (χ2n) is 18.5. The predicted octanol–water partition coefficient (Wildman–Crippen LogP) is 1.11. The molecule has 0 aliphatic carbocycles. The molecule has 0 aromatic carbocycles. The van der Waals surface area contributed by atoms with Crippen molar-refractivity contribution in [1.82, 2.24) is 5.32 Å². The Kier molecular flexibility index (Phi) is 26.8. The summed E-state index contributed by atoms with van der Waals surface area (Å²) in [5, 5.41) is 112. The molecule has 1 unspecified atom stereocenters. The number of amides is 1. The average molecular weight is 997 g/mol. The molecule has 0 radical (unpaired) electrons. The standard InChI is InChI=1S/C50H80N2O16S/c1-30-18-16-14-12-10-8-6-7-9-11-13-15-17-19-37(67-49-47(62)44(51)46(61)33(4)66-49)27-41-43(48(63)52-22-23-69-5)40(58)29-50(64,68-41)28-36(55)25-39(57)38(56)21-20-34(53)24-35(54)26-42(59)65-32(3)31(2)45(30)60/h6-19,30-41,43-47,49,53-58,60-62,64H,20-29,51H2,1-5H3,(H,52,63)/b7-6+,10-8+,11-9+,14-12+,15-13+,18-16+,19-17+/t30-,31-,32-,33+,34+,35+,36-,37-,38+,39+,40-,41-,43?,44-,45+,46+,47-,49-,50+/m0/s1. The fourth-order valence-electron chi connectivity index (χ4n) is 8.38. The van der Waals surface area contributed by atoms with Crippen molar-refractivity contribution in [2.75, 3.05) is 18.6 Å². The van der Waals surface area contributed by atoms with Gasteiger partial charge in [-0.2, -0.15) is 11.8 Å². The van der Waals surface area contributed by atoms with Crippen LogP contribution in [0.15, 0.2) is 85.1 Å². The second-order valence-corrected chi connectivity index (χ2v) is 19.5. The van der Waals surface area contributed by atoms with E-state index in [0.717, 1.165) is 0 Å². The Balaban J connectivity index is 1.92. The summed E-state index contributed by atoms with van der Waals surface area (Å²) in [6.07, 6.45) is 6.90. The summed E-state index contributed by atoms with van der Waals surface area (Å²) >= 11 is 1.49. The first kappa shape index (κ1) is 60.2. The van der Waals surface area contributed by atoms with Crippen LogP contribution in [0.25, 0.3) is 0 Å². The number of fused-ring (bicyclic) bond motifs is 2. The minimum Gasteiger partial charge on any atom is -0.462 e. The van der Waals surface area contributed by atoms with Gasteiger partial charge in [0.1, 0.15) is 12.2 Å². The monoisotopic (exact) mass is 997 g/mol. The van der Waals surface area contributed by atoms with E-state index in [2.05, 4.69) is 5.32 Å². The zero-order valence-corrected chi connectivity index (χ0v) is 41.3. The summed E-state index contributed by atoms with van der Waals surface area (Å²) in [5.74, 6) is -4.93. The minimum atomic E-state index is -2.25. The highest BCUT2D eigenvalue weighted by Crippen LogP contribution is 2.38. The lowest BCUT2D eigenvalue weighted by Gasteiger charge is -2.46. The van der Waals surface area contributed by atoms with Gasteiger partial charge in [0.15, 0.2) is 12.1 Å². The number of nitrogens with one attached hydrogen (secondary N) is 1. The lowest BCUT2D eigenvalue weighted by atomic mass is 9.82. The lowest BCUT2D eigenvalue weighted by molar-refractivity contribution is -0.307. The lowest BCUT2D eigenvalue weighted by Crippen LogP contribution is -2.62. The third-order valence-corrected chi connectivity index (χ3v) is 13.3. The van der Waals surface area contributed by atoms with Crippen LogP contribution < -0.4 is 11.1 Å². The zero-order chi connectivity index (χ0) is 51.3. The van der Waals surface area contributed by atoms with Gasteiger partial charge in [-0.05, 0) is 39.4 Å². The van der Waals surface area contributed by atoms with Crippen LogP contribution in [0.4, 0.5) is 0 Å². The highest BCUT2D eigenvalue weighted by atomic mass is 32.2. The fraction of sp³-hybridized carbons (Fsp3) is 0.680. The van der Waals surface area contributed by atoms with E-state index < -0.39 is 147 Å². The number of ether oxygens (including phenoxy) is 4. The number of rotatable bonds is 6. The number of thioether (sulfide) groups is 1. The van der Waals surface area contributed by atoms with Crippen molar-refractivity contribution < 1.29 is 79.6 Å². The summed E-state index contributed by atoms with van der Waals surface area (Å²) in [6, 6.07) is -1.12. The number of hydrogen-bond acceptors (Lipinski definition) is 18. The van der Waals surface area contributed by atoms with Gasteiger partial charge in [0, 0.05) is 49.8 Å². The molecule has 392 valence electrons. The number of carbonyl (C=O) groups is 2. The summed E-state index contributed by atoms with van der Waals surface area (Å²) in [7, 11) is 0. The van der Waals surface area contributed by atoms with Crippen molar-refractivity contribution >= 4 is 23.6 Å². The van der Waals surface area contributed by atoms with Crippen LogP contribution in [0.5, 0.6) is 0 Å². The van der Waals surface area contributed by atoms with Crippen LogP contribution in [-0.2, 0) is 28.5 Å². The van der Waals surface area contributed by atoms with Gasteiger partial charge >= 0.3 is 5.97 Å². The highest BCUT2D eigenvalue weighted by molar-refractivity contribution is 7.98. The molecule has 0 aromatic rings. The Morgan fingerprint density at radius 1 is 0.725 bits per heavy atom. The number of nitrogens with two attached hydrogens (primary N) is 1. The molecule has 19 atom stereocenters. The molecule has 3 aliphatic heterocycles. The normalized spacial score (nSPS) is 43.5. The first-order valence-electron chi connectivity index (χ1n) is 23.9. The van der Waals surface area contributed by atoms with Gasteiger partial charge in [-0.15, -0.1) is 0 Å². The first-order chi connectivity index (χ1) is 32.7. The van der Waals surface area contributed by atoms with Crippen LogP contribution in [0.3, 0.4) is 0 Å². The molecular formula is C50H80N2O16S. The number of hydrogen-bond donors (Lipinski definition) is 12. The maximum Gasteiger partial charge on any atom is 0.308 e. The molecule has 3 aliphatic rings. The van der Waals surface area contributed by atoms with Gasteiger partial charge < -0.3 is 81.1 Å². The van der Waals surface area contributed by atoms with Crippen LogP contribution in [0.2, 0.25) is 0 Å². The maximum absolute atomic E-state index is 13.7. The Hall–Kier alpha value is -3.09. The summed E-state index contributed by atoms with van der Waals surface area (Å²) < 4.78 is 23.7. The first-order valence-corrected chi connectivity index (χ1v) is 25.3. The van der Waals surface area contributed by atoms with Crippen LogP contribution in [0.1, 0.15) is 79.1 Å². The molecule has 2 saturated heterocycles. The van der Waals surface area contributed by atoms with Crippen molar-refractivity contribution in [3.63, 3.8) is 0 Å². The Morgan fingerprint density at radius 2 is 1.32 bits per heavy atom. The molecule has 2 fully saturated rings. The minimum absolute atomic E-state index is 0.0894. The van der Waals surface area contributed by atoms with Crippen molar-refractivity contribution in [2.24, 2.45) is 23.5 Å². The number of allylic oxidation sites excluding steroid dienone is 12. The second kappa shape index (κ2) is 30.7. The van der Waals surface area contributed by atoms with E-state index in [9.17, 15) is 60.7 Å². The Labute approximate surface area is 411 Å². The average Bonchev–Trinajstić information content (AvgIpc) is 3.27. The molecule has 18 nitrogen and oxygen atoms in total. The van der Waals surface area contributed by atoms with E-state index in [1.165, 1.54) is 11.8 Å². The highest BCUT2D eigenvalue weighted by Gasteiger charge is 2.51. The smallest absolute Gasteiger partial charge is 0.308 e. The molecule has 13 N–H and O–H groups in total. The molecule has 69 heavy (non-hydrogen) atoms. The largest absolute Gasteiger partial charge is 0.462 e. The third-order valence-electron chi connectivity index (χ3n) is 12.6. The molecule has 3 rings (SSSR count). The fourth-order valence-corrected chi connectivity index (χ4v) is 8.69. The summed E-state index contributed by atoms with van der Waals surface area (Å²) in [4.78, 5) is 26.3. The number of cyclic esters (lactones) is 1. The van der Waals surface area contributed by atoms with Gasteiger partial charge in [0.2, 0.25) is 5.91 Å². The SMILES string of the molecule is CSCCNC(=O)C1[C@@H]2C[C@@H](O[C@@H]3O[C@H](C)[C@@H](O)[C@H](N)[C@@H]3O)/C=C/C=C/C=C/C=C/C=C/C=C/C=C/[C@H](C)[C@@H](O)[C@@H](C)[C@H](C)OC(=O)C[C@H](O)C[C@H](O)CC[C@@H](O)[C@H](O)C[C@H](O)C[C@](O)(C[C@@H]1O)O2. The number of aliphatic hydroxyl groups excluding tert-OH is 9. The number of esters is 1. The van der Waals surface area contributed by atoms with E-state index >= 15 is 0 Å². The van der Waals surface area contributed by atoms with Crippen molar-refractivity contribution in [1.29, 1.82) is 0 Å².